The normalized spacial score (nSPS) is 14.0. The Morgan fingerprint density at radius 1 is 0.848 bits per heavy atom. The van der Waals surface area contributed by atoms with Crippen LogP contribution in [-0.4, -0.2) is 82.5 Å². The molecule has 0 aromatic heterocycles. The van der Waals surface area contributed by atoms with E-state index < -0.39 is 72.6 Å². The molecule has 4 amide bonds. The Morgan fingerprint density at radius 3 is 1.88 bits per heavy atom. The number of primary amides is 1. The Bertz CT molecular complexity index is 783. The van der Waals surface area contributed by atoms with Crippen LogP contribution in [0.3, 0.4) is 0 Å². The predicted molar refractivity (Wildman–Crippen MR) is 113 cm³/mol. The van der Waals surface area contributed by atoms with Gasteiger partial charge in [-0.2, -0.15) is 0 Å². The number of hydrogen-bond acceptors (Lipinski definition) is 8. The van der Waals surface area contributed by atoms with E-state index in [2.05, 4.69) is 20.9 Å². The van der Waals surface area contributed by atoms with E-state index in [1.807, 2.05) is 0 Å². The van der Waals surface area contributed by atoms with Crippen LogP contribution in [0.1, 0.15) is 32.6 Å². The third-order valence-electron chi connectivity index (χ3n) is 4.08. The van der Waals surface area contributed by atoms with Crippen LogP contribution in [0.4, 0.5) is 0 Å². The van der Waals surface area contributed by atoms with Crippen LogP contribution in [0.15, 0.2) is 4.99 Å². The van der Waals surface area contributed by atoms with Crippen LogP contribution in [0, 0.1) is 0 Å². The highest BCUT2D eigenvalue weighted by molar-refractivity contribution is 5.96. The molecule has 0 heterocycles. The van der Waals surface area contributed by atoms with E-state index in [1.165, 1.54) is 0 Å². The van der Waals surface area contributed by atoms with Crippen molar-refractivity contribution in [1.82, 2.24) is 16.0 Å². The van der Waals surface area contributed by atoms with Crippen LogP contribution in [0.25, 0.3) is 0 Å². The maximum Gasteiger partial charge on any atom is 0.325 e. The Kier molecular flexibility index (Phi) is 12.5. The number of nitrogens with two attached hydrogens (primary N) is 4. The molecule has 0 bridgehead atoms. The number of aliphatic carboxylic acids is 2. The number of nitrogens with one attached hydrogen (secondary N) is 3. The van der Waals surface area contributed by atoms with E-state index in [4.69, 9.17) is 33.1 Å². The molecule has 13 N–H and O–H groups in total. The van der Waals surface area contributed by atoms with Gasteiger partial charge < -0.3 is 49.1 Å². The van der Waals surface area contributed by atoms with Crippen molar-refractivity contribution in [3.8, 4) is 0 Å². The van der Waals surface area contributed by atoms with Gasteiger partial charge in [0.15, 0.2) is 5.96 Å². The average molecular weight is 474 g/mol. The number of carbonyl (C=O) groups is 6. The molecule has 0 aliphatic rings. The van der Waals surface area contributed by atoms with Gasteiger partial charge in [0, 0.05) is 6.54 Å². The van der Waals surface area contributed by atoms with Crippen molar-refractivity contribution in [3.05, 3.63) is 0 Å². The molecule has 33 heavy (non-hydrogen) atoms. The first-order chi connectivity index (χ1) is 15.2. The molecule has 0 aliphatic carbocycles. The standard InChI is InChI=1S/C17H30N8O8/c1-7(16(32)33)23-15(31)10(6-12(27)28)25-14(30)9(3-2-4-22-17(20)21)24-13(29)8(18)5-11(19)26/h7-10H,2-6,18H2,1H3,(H2,19,26)(H,23,31)(H,24,29)(H,25,30)(H,27,28)(H,32,33)(H4,20,21,22). The van der Waals surface area contributed by atoms with E-state index in [9.17, 15) is 28.8 Å². The van der Waals surface area contributed by atoms with Crippen molar-refractivity contribution in [2.75, 3.05) is 6.54 Å². The maximum absolute atomic E-state index is 12.7. The number of amides is 4. The SMILES string of the molecule is CC(NC(=O)C(CC(=O)O)NC(=O)C(CCCN=C(N)N)NC(=O)C(N)CC(N)=O)C(=O)O. The molecule has 0 radical (unpaired) electrons. The van der Waals surface area contributed by atoms with Gasteiger partial charge in [0.1, 0.15) is 18.1 Å². The summed E-state index contributed by atoms with van der Waals surface area (Å²) >= 11 is 0. The van der Waals surface area contributed by atoms with Gasteiger partial charge in [0.05, 0.1) is 18.9 Å². The third-order valence-corrected chi connectivity index (χ3v) is 4.08. The third kappa shape index (κ3) is 12.5. The molecule has 186 valence electrons. The number of hydrogen-bond donors (Lipinski definition) is 9. The molecule has 16 nitrogen and oxygen atoms in total. The molecule has 4 atom stereocenters. The maximum atomic E-state index is 12.7. The average Bonchev–Trinajstić information content (AvgIpc) is 2.68. The topological polar surface area (TPSA) is 295 Å². The summed E-state index contributed by atoms with van der Waals surface area (Å²) in [6.45, 7) is 1.23. The van der Waals surface area contributed by atoms with Gasteiger partial charge in [-0.3, -0.25) is 33.8 Å². The first-order valence-corrected chi connectivity index (χ1v) is 9.69. The molecule has 0 saturated heterocycles. The Balaban J connectivity index is 5.49. The fourth-order valence-electron chi connectivity index (χ4n) is 2.39. The second-order valence-electron chi connectivity index (χ2n) is 7.01. The highest BCUT2D eigenvalue weighted by atomic mass is 16.4. The Labute approximate surface area is 188 Å². The molecule has 0 aromatic carbocycles. The van der Waals surface area contributed by atoms with E-state index in [0.29, 0.717) is 0 Å². The summed E-state index contributed by atoms with van der Waals surface area (Å²) in [5, 5.41) is 24.5. The quantitative estimate of drug-likeness (QED) is 0.0616. The van der Waals surface area contributed by atoms with Crippen molar-refractivity contribution < 1.29 is 39.0 Å². The molecule has 0 rings (SSSR count). The van der Waals surface area contributed by atoms with Gasteiger partial charge in [0.25, 0.3) is 0 Å². The fraction of sp³-hybridized carbons (Fsp3) is 0.588. The van der Waals surface area contributed by atoms with Crippen molar-refractivity contribution in [2.45, 2.75) is 56.8 Å². The Hall–Kier alpha value is -3.95. The first-order valence-electron chi connectivity index (χ1n) is 9.69. The van der Waals surface area contributed by atoms with E-state index in [0.717, 1.165) is 6.92 Å². The molecule has 0 spiro atoms. The summed E-state index contributed by atoms with van der Waals surface area (Å²) in [5.41, 5.74) is 21.0. The zero-order valence-electron chi connectivity index (χ0n) is 17.9. The number of rotatable bonds is 15. The lowest BCUT2D eigenvalue weighted by Gasteiger charge is -2.24. The van der Waals surface area contributed by atoms with Crippen LogP contribution in [0.5, 0.6) is 0 Å². The second kappa shape index (κ2) is 14.2. The van der Waals surface area contributed by atoms with Crippen molar-refractivity contribution >= 4 is 41.5 Å². The van der Waals surface area contributed by atoms with Crippen molar-refractivity contribution in [1.29, 1.82) is 0 Å². The van der Waals surface area contributed by atoms with Gasteiger partial charge in [-0.25, -0.2) is 0 Å². The van der Waals surface area contributed by atoms with Crippen molar-refractivity contribution in [3.63, 3.8) is 0 Å². The largest absolute Gasteiger partial charge is 0.481 e. The predicted octanol–water partition coefficient (Wildman–Crippen LogP) is -4.72. The number of carbonyl (C=O) groups excluding carboxylic acids is 4. The molecular formula is C17H30N8O8. The molecule has 4 unspecified atom stereocenters. The fourth-order valence-corrected chi connectivity index (χ4v) is 2.39. The monoisotopic (exact) mass is 474 g/mol. The number of nitrogens with zero attached hydrogens (tertiary/aromatic N) is 1. The van der Waals surface area contributed by atoms with Gasteiger partial charge >= 0.3 is 11.9 Å². The number of guanidine groups is 1. The highest BCUT2D eigenvalue weighted by Crippen LogP contribution is 2.03. The van der Waals surface area contributed by atoms with Crippen LogP contribution in [-0.2, 0) is 28.8 Å². The van der Waals surface area contributed by atoms with Crippen LogP contribution in [0.2, 0.25) is 0 Å². The molecule has 0 fully saturated rings. The first kappa shape index (κ1) is 29.0. The van der Waals surface area contributed by atoms with Crippen molar-refractivity contribution in [2.24, 2.45) is 27.9 Å². The van der Waals surface area contributed by atoms with Crippen LogP contribution >= 0.6 is 0 Å². The van der Waals surface area contributed by atoms with Gasteiger partial charge in [-0.05, 0) is 19.8 Å². The minimum Gasteiger partial charge on any atom is -0.481 e. The molecule has 0 saturated carbocycles. The molecular weight excluding hydrogens is 444 g/mol. The van der Waals surface area contributed by atoms with E-state index >= 15 is 0 Å². The Morgan fingerprint density at radius 2 is 1.39 bits per heavy atom. The summed E-state index contributed by atoms with van der Waals surface area (Å²) in [4.78, 5) is 74.0. The summed E-state index contributed by atoms with van der Waals surface area (Å²) < 4.78 is 0. The lowest BCUT2D eigenvalue weighted by molar-refractivity contribution is -0.143. The number of carboxylic acids is 2. The zero-order valence-corrected chi connectivity index (χ0v) is 17.9. The van der Waals surface area contributed by atoms with Gasteiger partial charge in [0.2, 0.25) is 23.6 Å². The smallest absolute Gasteiger partial charge is 0.325 e. The minimum absolute atomic E-state index is 0.0510. The summed E-state index contributed by atoms with van der Waals surface area (Å²) in [5.74, 6) is -6.78. The second-order valence-corrected chi connectivity index (χ2v) is 7.01. The lowest BCUT2D eigenvalue weighted by atomic mass is 10.1. The van der Waals surface area contributed by atoms with E-state index in [1.54, 1.807) is 0 Å². The zero-order chi connectivity index (χ0) is 25.7. The lowest BCUT2D eigenvalue weighted by Crippen LogP contribution is -2.57. The number of aliphatic imine (C=N–C) groups is 1. The molecule has 0 aromatic rings. The molecule has 0 aliphatic heterocycles. The highest BCUT2D eigenvalue weighted by Gasteiger charge is 2.30. The number of carboxylic acid groups (broad SMARTS) is 2. The van der Waals surface area contributed by atoms with Crippen LogP contribution < -0.4 is 38.9 Å². The van der Waals surface area contributed by atoms with Gasteiger partial charge in [-0.1, -0.05) is 0 Å². The van der Waals surface area contributed by atoms with E-state index in [-0.39, 0.29) is 25.3 Å². The summed E-state index contributed by atoms with van der Waals surface area (Å²) in [6.07, 6.45) is -1.22. The summed E-state index contributed by atoms with van der Waals surface area (Å²) in [7, 11) is 0. The van der Waals surface area contributed by atoms with Gasteiger partial charge in [-0.15, -0.1) is 0 Å². The molecule has 16 heteroatoms. The summed E-state index contributed by atoms with van der Waals surface area (Å²) in [6, 6.07) is -5.67. The minimum atomic E-state index is -1.65.